The zero-order valence-corrected chi connectivity index (χ0v) is 17.3. The predicted molar refractivity (Wildman–Crippen MR) is 115 cm³/mol. The number of rotatable bonds is 5. The number of piperazine rings is 1. The fourth-order valence-electron chi connectivity index (χ4n) is 3.96. The number of hydrogen-bond acceptors (Lipinski definition) is 4. The Kier molecular flexibility index (Phi) is 5.95. The van der Waals surface area contributed by atoms with E-state index >= 15 is 0 Å². The van der Waals surface area contributed by atoms with Gasteiger partial charge in [-0.15, -0.1) is 0 Å². The summed E-state index contributed by atoms with van der Waals surface area (Å²) in [5.74, 6) is 0.430. The lowest BCUT2D eigenvalue weighted by Crippen LogP contribution is -2.58. The second-order valence-corrected chi connectivity index (χ2v) is 7.95. The Balaban J connectivity index is 1.34. The topological polar surface area (TPSA) is 45.7 Å². The van der Waals surface area contributed by atoms with E-state index in [1.807, 2.05) is 47.4 Å². The van der Waals surface area contributed by atoms with Crippen LogP contribution in [0.15, 0.2) is 60.8 Å². The zero-order valence-electron chi connectivity index (χ0n) is 17.3. The molecule has 1 aliphatic heterocycles. The maximum Gasteiger partial charge on any atom is 0.260 e. The van der Waals surface area contributed by atoms with Crippen molar-refractivity contribution in [2.45, 2.75) is 32.5 Å². The number of nitrogens with zero attached hydrogens (tertiary/aromatic N) is 3. The molecule has 0 saturated carbocycles. The number of fused-ring (bicyclic) bond motifs is 1. The van der Waals surface area contributed by atoms with Crippen LogP contribution >= 0.6 is 0 Å². The molecule has 2 unspecified atom stereocenters. The summed E-state index contributed by atoms with van der Waals surface area (Å²) in [4.78, 5) is 21.3. The molecule has 0 N–H and O–H groups in total. The van der Waals surface area contributed by atoms with Gasteiger partial charge in [-0.2, -0.15) is 0 Å². The van der Waals surface area contributed by atoms with Crippen LogP contribution in [0.5, 0.6) is 5.75 Å². The highest BCUT2D eigenvalue weighted by Crippen LogP contribution is 2.21. The van der Waals surface area contributed by atoms with Crippen molar-refractivity contribution in [2.24, 2.45) is 0 Å². The highest BCUT2D eigenvalue weighted by molar-refractivity contribution is 5.81. The summed E-state index contributed by atoms with van der Waals surface area (Å²) < 4.78 is 18.9. The van der Waals surface area contributed by atoms with Crippen molar-refractivity contribution >= 4 is 16.8 Å². The van der Waals surface area contributed by atoms with E-state index in [0.29, 0.717) is 12.3 Å². The number of halogens is 1. The number of carbonyl (C=O) groups excluding carboxylic acids is 1. The van der Waals surface area contributed by atoms with Crippen LogP contribution in [-0.2, 0) is 11.3 Å². The van der Waals surface area contributed by atoms with Gasteiger partial charge in [-0.25, -0.2) is 4.39 Å². The van der Waals surface area contributed by atoms with E-state index in [0.717, 1.165) is 29.6 Å². The first-order valence-corrected chi connectivity index (χ1v) is 10.2. The third-order valence-electron chi connectivity index (χ3n) is 5.67. The maximum absolute atomic E-state index is 13.1. The quantitative estimate of drug-likeness (QED) is 0.644. The molecule has 1 aliphatic rings. The van der Waals surface area contributed by atoms with Gasteiger partial charge < -0.3 is 9.64 Å². The third kappa shape index (κ3) is 4.60. The lowest BCUT2D eigenvalue weighted by atomic mass is 10.1. The molecule has 5 nitrogen and oxygen atoms in total. The summed E-state index contributed by atoms with van der Waals surface area (Å²) in [6.45, 7) is 6.35. The van der Waals surface area contributed by atoms with Gasteiger partial charge in [-0.1, -0.05) is 18.2 Å². The number of carbonyl (C=O) groups is 1. The van der Waals surface area contributed by atoms with E-state index < -0.39 is 0 Å². The molecular weight excluding hydrogens is 381 g/mol. The van der Waals surface area contributed by atoms with E-state index in [4.69, 9.17) is 4.74 Å². The van der Waals surface area contributed by atoms with E-state index in [1.54, 1.807) is 6.20 Å². The van der Waals surface area contributed by atoms with Crippen LogP contribution in [0.4, 0.5) is 4.39 Å². The minimum atomic E-state index is -0.224. The van der Waals surface area contributed by atoms with Crippen molar-refractivity contribution in [2.75, 3.05) is 19.7 Å². The Morgan fingerprint density at radius 2 is 1.90 bits per heavy atom. The Bertz CT molecular complexity index is 1020. The Hall–Kier alpha value is -2.99. The zero-order chi connectivity index (χ0) is 21.1. The molecule has 1 fully saturated rings. The maximum atomic E-state index is 13.1. The van der Waals surface area contributed by atoms with Gasteiger partial charge >= 0.3 is 0 Å². The number of benzene rings is 2. The second kappa shape index (κ2) is 8.79. The van der Waals surface area contributed by atoms with Crippen molar-refractivity contribution < 1.29 is 13.9 Å². The molecule has 2 atom stereocenters. The van der Waals surface area contributed by atoms with Crippen molar-refractivity contribution in [1.82, 2.24) is 14.8 Å². The average Bonchev–Trinajstić information content (AvgIpc) is 2.75. The first kappa shape index (κ1) is 20.3. The molecule has 0 bridgehead atoms. The standard InChI is InChI=1S/C24H26FN3O2/c1-17-14-28(18(2)13-27(17)15-19-5-7-21(25)8-6-19)24(29)16-30-22-9-10-23-20(12-22)4-3-11-26-23/h3-12,17-18H,13-16H2,1-2H3. The molecule has 0 radical (unpaired) electrons. The third-order valence-corrected chi connectivity index (χ3v) is 5.67. The minimum Gasteiger partial charge on any atom is -0.484 e. The van der Waals surface area contributed by atoms with Gasteiger partial charge in [0.25, 0.3) is 5.91 Å². The molecular formula is C24H26FN3O2. The summed E-state index contributed by atoms with van der Waals surface area (Å²) >= 11 is 0. The van der Waals surface area contributed by atoms with Gasteiger partial charge in [0.2, 0.25) is 0 Å². The van der Waals surface area contributed by atoms with Crippen LogP contribution in [0, 0.1) is 5.82 Å². The monoisotopic (exact) mass is 407 g/mol. The molecule has 30 heavy (non-hydrogen) atoms. The van der Waals surface area contributed by atoms with Crippen LogP contribution in [0.1, 0.15) is 19.4 Å². The smallest absolute Gasteiger partial charge is 0.260 e. The summed E-state index contributed by atoms with van der Waals surface area (Å²) in [5, 5.41) is 0.985. The fraction of sp³-hybridized carbons (Fsp3) is 0.333. The van der Waals surface area contributed by atoms with E-state index in [9.17, 15) is 9.18 Å². The summed E-state index contributed by atoms with van der Waals surface area (Å²) in [5.41, 5.74) is 1.97. The van der Waals surface area contributed by atoms with Crippen molar-refractivity contribution in [1.29, 1.82) is 0 Å². The number of amides is 1. The molecule has 156 valence electrons. The van der Waals surface area contributed by atoms with Crippen LogP contribution in [0.3, 0.4) is 0 Å². The highest BCUT2D eigenvalue weighted by Gasteiger charge is 2.32. The first-order chi connectivity index (χ1) is 14.5. The predicted octanol–water partition coefficient (Wildman–Crippen LogP) is 3.87. The number of aromatic nitrogens is 1. The summed E-state index contributed by atoms with van der Waals surface area (Å²) in [6.07, 6.45) is 1.75. The van der Waals surface area contributed by atoms with Crippen LogP contribution in [-0.4, -0.2) is 52.5 Å². The van der Waals surface area contributed by atoms with E-state index in [-0.39, 0.29) is 30.4 Å². The van der Waals surface area contributed by atoms with Gasteiger partial charge in [-0.05, 0) is 55.8 Å². The minimum absolute atomic E-state index is 0.0120. The molecule has 6 heteroatoms. The molecule has 1 amide bonds. The lowest BCUT2D eigenvalue weighted by molar-refractivity contribution is -0.139. The van der Waals surface area contributed by atoms with Gasteiger partial charge in [0.05, 0.1) is 5.52 Å². The van der Waals surface area contributed by atoms with Crippen molar-refractivity contribution in [3.63, 3.8) is 0 Å². The Labute approximate surface area is 176 Å². The SMILES string of the molecule is CC1CN(C(=O)COc2ccc3ncccc3c2)C(C)CN1Cc1ccc(F)cc1. The van der Waals surface area contributed by atoms with Gasteiger partial charge in [0.15, 0.2) is 6.61 Å². The molecule has 2 heterocycles. The number of ether oxygens (including phenoxy) is 1. The highest BCUT2D eigenvalue weighted by atomic mass is 19.1. The number of hydrogen-bond donors (Lipinski definition) is 0. The second-order valence-electron chi connectivity index (χ2n) is 7.95. The molecule has 1 saturated heterocycles. The lowest BCUT2D eigenvalue weighted by Gasteiger charge is -2.44. The van der Waals surface area contributed by atoms with Crippen LogP contribution in [0.25, 0.3) is 10.9 Å². The molecule has 2 aromatic carbocycles. The largest absolute Gasteiger partial charge is 0.484 e. The number of pyridine rings is 1. The summed E-state index contributed by atoms with van der Waals surface area (Å²) in [6, 6.07) is 16.4. The average molecular weight is 407 g/mol. The molecule has 4 rings (SSSR count). The molecule has 3 aromatic rings. The normalized spacial score (nSPS) is 19.8. The van der Waals surface area contributed by atoms with E-state index in [2.05, 4.69) is 23.7 Å². The van der Waals surface area contributed by atoms with Crippen molar-refractivity contribution in [3.8, 4) is 5.75 Å². The van der Waals surface area contributed by atoms with Gasteiger partial charge in [-0.3, -0.25) is 14.7 Å². The van der Waals surface area contributed by atoms with Gasteiger partial charge in [0, 0.05) is 43.3 Å². The first-order valence-electron chi connectivity index (χ1n) is 10.2. The molecule has 1 aromatic heterocycles. The van der Waals surface area contributed by atoms with Crippen molar-refractivity contribution in [3.05, 3.63) is 72.2 Å². The molecule has 0 spiro atoms. The Morgan fingerprint density at radius 3 is 2.70 bits per heavy atom. The molecule has 0 aliphatic carbocycles. The van der Waals surface area contributed by atoms with Crippen LogP contribution < -0.4 is 4.74 Å². The van der Waals surface area contributed by atoms with Gasteiger partial charge in [0.1, 0.15) is 11.6 Å². The fourth-order valence-corrected chi connectivity index (χ4v) is 3.96. The van der Waals surface area contributed by atoms with Crippen LogP contribution in [0.2, 0.25) is 0 Å². The van der Waals surface area contributed by atoms with E-state index in [1.165, 1.54) is 12.1 Å². The Morgan fingerprint density at radius 1 is 1.10 bits per heavy atom. The summed E-state index contributed by atoms with van der Waals surface area (Å²) in [7, 11) is 0.